The summed E-state index contributed by atoms with van der Waals surface area (Å²) in [5, 5.41) is 3.56. The van der Waals surface area contributed by atoms with E-state index in [-0.39, 0.29) is 17.6 Å². The first-order valence-corrected chi connectivity index (χ1v) is 10.5. The van der Waals surface area contributed by atoms with E-state index in [2.05, 4.69) is 5.32 Å². The second-order valence-corrected chi connectivity index (χ2v) is 8.02. The molecule has 0 spiro atoms. The summed E-state index contributed by atoms with van der Waals surface area (Å²) < 4.78 is 5.38. The van der Waals surface area contributed by atoms with Crippen molar-refractivity contribution in [1.82, 2.24) is 10.2 Å². The number of benzene rings is 1. The van der Waals surface area contributed by atoms with E-state index in [1.807, 2.05) is 23.1 Å². The molecule has 7 heteroatoms. The van der Waals surface area contributed by atoms with E-state index in [9.17, 15) is 9.59 Å². The summed E-state index contributed by atoms with van der Waals surface area (Å²) in [6, 6.07) is 10.3. The molecule has 2 amide bonds. The molecular formula is C20H23ClN2O3S. The standard InChI is InChI=1S/C20H23ClN2O3S/c21-15-6-8-17(9-7-15)27-14-19(24)22-18(13-16-5-4-12-26-16)20(25)23-10-2-1-3-11-23/h4-9,12,18H,1-3,10-11,13-14H2,(H,22,24). The Labute approximate surface area is 168 Å². The third-order valence-electron chi connectivity index (χ3n) is 4.47. The number of rotatable bonds is 7. The largest absolute Gasteiger partial charge is 0.469 e. The average Bonchev–Trinajstić information content (AvgIpc) is 3.20. The predicted octanol–water partition coefficient (Wildman–Crippen LogP) is 3.77. The summed E-state index contributed by atoms with van der Waals surface area (Å²) in [5.74, 6) is 0.729. The van der Waals surface area contributed by atoms with Gasteiger partial charge in [0.25, 0.3) is 0 Å². The molecule has 2 heterocycles. The quantitative estimate of drug-likeness (QED) is 0.711. The second kappa shape index (κ2) is 9.85. The molecule has 1 aromatic carbocycles. The second-order valence-electron chi connectivity index (χ2n) is 6.53. The maximum absolute atomic E-state index is 12.9. The Morgan fingerprint density at radius 3 is 2.56 bits per heavy atom. The molecular weight excluding hydrogens is 384 g/mol. The van der Waals surface area contributed by atoms with Crippen LogP contribution in [-0.4, -0.2) is 41.6 Å². The Morgan fingerprint density at radius 1 is 1.15 bits per heavy atom. The van der Waals surface area contributed by atoms with Crippen LogP contribution < -0.4 is 5.32 Å². The van der Waals surface area contributed by atoms with E-state index in [4.69, 9.17) is 16.0 Å². The van der Waals surface area contributed by atoms with E-state index >= 15 is 0 Å². The number of carbonyl (C=O) groups excluding carboxylic acids is 2. The molecule has 27 heavy (non-hydrogen) atoms. The number of carbonyl (C=O) groups is 2. The average molecular weight is 407 g/mol. The summed E-state index contributed by atoms with van der Waals surface area (Å²) in [6.07, 6.45) is 5.12. The summed E-state index contributed by atoms with van der Waals surface area (Å²) in [7, 11) is 0. The fourth-order valence-electron chi connectivity index (χ4n) is 3.08. The Morgan fingerprint density at radius 2 is 1.89 bits per heavy atom. The lowest BCUT2D eigenvalue weighted by molar-refractivity contribution is -0.136. The van der Waals surface area contributed by atoms with Crippen LogP contribution in [0.5, 0.6) is 0 Å². The van der Waals surface area contributed by atoms with Crippen molar-refractivity contribution in [2.75, 3.05) is 18.8 Å². The molecule has 1 fully saturated rings. The molecule has 1 atom stereocenters. The number of nitrogens with one attached hydrogen (secondary N) is 1. The van der Waals surface area contributed by atoms with E-state index in [1.165, 1.54) is 11.8 Å². The van der Waals surface area contributed by atoms with Gasteiger partial charge in [0.15, 0.2) is 0 Å². The number of piperidine rings is 1. The zero-order valence-corrected chi connectivity index (χ0v) is 16.6. The van der Waals surface area contributed by atoms with Gasteiger partial charge in [-0.1, -0.05) is 11.6 Å². The van der Waals surface area contributed by atoms with Gasteiger partial charge in [0.2, 0.25) is 11.8 Å². The van der Waals surface area contributed by atoms with Crippen molar-refractivity contribution in [2.24, 2.45) is 0 Å². The lowest BCUT2D eigenvalue weighted by Gasteiger charge is -2.30. The molecule has 5 nitrogen and oxygen atoms in total. The number of amides is 2. The number of hydrogen-bond acceptors (Lipinski definition) is 4. The lowest BCUT2D eigenvalue weighted by Crippen LogP contribution is -2.51. The maximum Gasteiger partial charge on any atom is 0.245 e. The van der Waals surface area contributed by atoms with Crippen molar-refractivity contribution in [2.45, 2.75) is 36.6 Å². The number of nitrogens with zero attached hydrogens (tertiary/aromatic N) is 1. The van der Waals surface area contributed by atoms with Crippen molar-refractivity contribution in [1.29, 1.82) is 0 Å². The molecule has 1 N–H and O–H groups in total. The van der Waals surface area contributed by atoms with Gasteiger partial charge in [-0.15, -0.1) is 11.8 Å². The van der Waals surface area contributed by atoms with E-state index in [1.54, 1.807) is 24.5 Å². The third kappa shape index (κ3) is 6.04. The van der Waals surface area contributed by atoms with Gasteiger partial charge >= 0.3 is 0 Å². The number of thioether (sulfide) groups is 1. The molecule has 1 aliphatic rings. The fraction of sp³-hybridized carbons (Fsp3) is 0.400. The molecule has 0 saturated carbocycles. The summed E-state index contributed by atoms with van der Waals surface area (Å²) in [4.78, 5) is 28.2. The fourth-order valence-corrected chi connectivity index (χ4v) is 3.92. The van der Waals surface area contributed by atoms with Crippen molar-refractivity contribution >= 4 is 35.2 Å². The van der Waals surface area contributed by atoms with Gasteiger partial charge in [-0.05, 0) is 55.7 Å². The van der Waals surface area contributed by atoms with E-state index in [0.29, 0.717) is 17.2 Å². The first-order chi connectivity index (χ1) is 13.1. The zero-order chi connectivity index (χ0) is 19.1. The Hall–Kier alpha value is -1.92. The first-order valence-electron chi connectivity index (χ1n) is 9.11. The molecule has 1 aromatic heterocycles. The van der Waals surface area contributed by atoms with Crippen LogP contribution in [0.25, 0.3) is 0 Å². The van der Waals surface area contributed by atoms with Crippen molar-refractivity contribution in [3.63, 3.8) is 0 Å². The molecule has 0 bridgehead atoms. The number of halogens is 1. The summed E-state index contributed by atoms with van der Waals surface area (Å²) in [6.45, 7) is 1.51. The van der Waals surface area contributed by atoms with Crippen molar-refractivity contribution in [3.8, 4) is 0 Å². The van der Waals surface area contributed by atoms with Gasteiger partial charge in [-0.25, -0.2) is 0 Å². The Bertz CT molecular complexity index is 743. The smallest absolute Gasteiger partial charge is 0.245 e. The van der Waals surface area contributed by atoms with Crippen molar-refractivity contribution < 1.29 is 14.0 Å². The number of furan rings is 1. The molecule has 0 radical (unpaired) electrons. The highest BCUT2D eigenvalue weighted by Crippen LogP contribution is 2.20. The van der Waals surface area contributed by atoms with Crippen LogP contribution in [0.15, 0.2) is 52.0 Å². The predicted molar refractivity (Wildman–Crippen MR) is 107 cm³/mol. The van der Waals surface area contributed by atoms with Gasteiger partial charge in [-0.3, -0.25) is 9.59 Å². The van der Waals surface area contributed by atoms with Gasteiger partial charge in [-0.2, -0.15) is 0 Å². The molecule has 144 valence electrons. The highest BCUT2D eigenvalue weighted by molar-refractivity contribution is 8.00. The minimum Gasteiger partial charge on any atom is -0.469 e. The summed E-state index contributed by atoms with van der Waals surface area (Å²) >= 11 is 7.30. The van der Waals surface area contributed by atoms with Gasteiger partial charge in [0, 0.05) is 29.4 Å². The minimum atomic E-state index is -0.604. The van der Waals surface area contributed by atoms with E-state index < -0.39 is 6.04 Å². The molecule has 2 aromatic rings. The highest BCUT2D eigenvalue weighted by atomic mass is 35.5. The van der Waals surface area contributed by atoms with Gasteiger partial charge < -0.3 is 14.6 Å². The van der Waals surface area contributed by atoms with Gasteiger partial charge in [0.05, 0.1) is 12.0 Å². The first kappa shape index (κ1) is 19.8. The maximum atomic E-state index is 12.9. The molecule has 1 aliphatic heterocycles. The number of hydrogen-bond donors (Lipinski definition) is 1. The van der Waals surface area contributed by atoms with Crippen LogP contribution >= 0.6 is 23.4 Å². The third-order valence-corrected chi connectivity index (χ3v) is 5.73. The van der Waals surface area contributed by atoms with Crippen LogP contribution in [0.2, 0.25) is 5.02 Å². The zero-order valence-electron chi connectivity index (χ0n) is 15.0. The van der Waals surface area contributed by atoms with Crippen LogP contribution in [0.4, 0.5) is 0 Å². The van der Waals surface area contributed by atoms with Crippen molar-refractivity contribution in [3.05, 3.63) is 53.4 Å². The normalized spacial score (nSPS) is 15.4. The molecule has 1 saturated heterocycles. The van der Waals surface area contributed by atoms with Crippen LogP contribution in [0.1, 0.15) is 25.0 Å². The monoisotopic (exact) mass is 406 g/mol. The Kier molecular flexibility index (Phi) is 7.24. The summed E-state index contributed by atoms with van der Waals surface area (Å²) in [5.41, 5.74) is 0. The molecule has 0 aliphatic carbocycles. The molecule has 3 rings (SSSR count). The van der Waals surface area contributed by atoms with Crippen LogP contribution in [0, 0.1) is 0 Å². The topological polar surface area (TPSA) is 62.6 Å². The number of likely N-dealkylation sites (tertiary alicyclic amines) is 1. The molecule has 1 unspecified atom stereocenters. The van der Waals surface area contributed by atoms with Crippen LogP contribution in [0.3, 0.4) is 0 Å². The Balaban J connectivity index is 1.59. The highest BCUT2D eigenvalue weighted by Gasteiger charge is 2.28. The lowest BCUT2D eigenvalue weighted by atomic mass is 10.1. The van der Waals surface area contributed by atoms with Crippen LogP contribution in [-0.2, 0) is 16.0 Å². The SMILES string of the molecule is O=C(CSc1ccc(Cl)cc1)NC(Cc1ccco1)C(=O)N1CCCCC1. The van der Waals surface area contributed by atoms with Gasteiger partial charge in [0.1, 0.15) is 11.8 Å². The van der Waals surface area contributed by atoms with E-state index in [0.717, 1.165) is 37.2 Å². The minimum absolute atomic E-state index is 0.0315.